The first kappa shape index (κ1) is 14.8. The highest BCUT2D eigenvalue weighted by Crippen LogP contribution is 2.37. The summed E-state index contributed by atoms with van der Waals surface area (Å²) in [5, 5.41) is 2.59. The fraction of sp³-hybridized carbons (Fsp3) is 0.562. The van der Waals surface area contributed by atoms with Crippen LogP contribution in [0.15, 0.2) is 24.5 Å². The molecule has 2 atom stereocenters. The summed E-state index contributed by atoms with van der Waals surface area (Å²) in [6.45, 7) is 1.52. The highest BCUT2D eigenvalue weighted by atomic mass is 16.5. The highest BCUT2D eigenvalue weighted by molar-refractivity contribution is 5.84. The van der Waals surface area contributed by atoms with E-state index in [-0.39, 0.29) is 36.5 Å². The molecule has 1 N–H and O–H groups in total. The molecule has 6 heteroatoms. The molecule has 3 rings (SSSR count). The number of hydrogen-bond acceptors (Lipinski definition) is 4. The molecule has 2 aliphatic rings. The summed E-state index contributed by atoms with van der Waals surface area (Å²) in [5.74, 6) is 0.628. The van der Waals surface area contributed by atoms with Crippen LogP contribution in [0.3, 0.4) is 0 Å². The predicted octanol–water partition coefficient (Wildman–Crippen LogP) is 1.12. The number of fused-ring (bicyclic) bond motifs is 2. The third-order valence-electron chi connectivity index (χ3n) is 4.40. The van der Waals surface area contributed by atoms with Crippen molar-refractivity contribution >= 4 is 11.8 Å². The third kappa shape index (κ3) is 3.21. The van der Waals surface area contributed by atoms with E-state index in [4.69, 9.17) is 4.74 Å². The number of carbonyl (C=O) groups is 2. The monoisotopic (exact) mass is 303 g/mol. The van der Waals surface area contributed by atoms with Crippen molar-refractivity contribution in [2.24, 2.45) is 0 Å². The molecule has 0 aromatic carbocycles. The first-order valence-corrected chi connectivity index (χ1v) is 7.76. The van der Waals surface area contributed by atoms with Gasteiger partial charge in [-0.05, 0) is 25.0 Å². The SMILES string of the molecule is CC(=O)NCC(=O)N1C2CCC1CC(Oc1cccnc1)C2. The van der Waals surface area contributed by atoms with Gasteiger partial charge in [0.1, 0.15) is 11.9 Å². The van der Waals surface area contributed by atoms with Gasteiger partial charge in [-0.2, -0.15) is 0 Å². The zero-order chi connectivity index (χ0) is 15.5. The van der Waals surface area contributed by atoms with E-state index in [1.807, 2.05) is 17.0 Å². The Bertz CT molecular complexity index is 535. The molecule has 2 bridgehead atoms. The van der Waals surface area contributed by atoms with Crippen molar-refractivity contribution < 1.29 is 14.3 Å². The number of hydrogen-bond donors (Lipinski definition) is 1. The van der Waals surface area contributed by atoms with E-state index < -0.39 is 0 Å². The van der Waals surface area contributed by atoms with E-state index in [1.165, 1.54) is 6.92 Å². The van der Waals surface area contributed by atoms with Crippen LogP contribution in [0, 0.1) is 0 Å². The van der Waals surface area contributed by atoms with Crippen molar-refractivity contribution in [2.45, 2.75) is 50.8 Å². The van der Waals surface area contributed by atoms with Crippen molar-refractivity contribution in [3.8, 4) is 5.75 Å². The number of rotatable bonds is 4. The van der Waals surface area contributed by atoms with Crippen LogP contribution in [0.4, 0.5) is 0 Å². The summed E-state index contributed by atoms with van der Waals surface area (Å²) in [4.78, 5) is 29.3. The molecule has 2 unspecified atom stereocenters. The molecule has 0 radical (unpaired) electrons. The van der Waals surface area contributed by atoms with E-state index in [2.05, 4.69) is 10.3 Å². The molecule has 0 saturated carbocycles. The largest absolute Gasteiger partial charge is 0.489 e. The fourth-order valence-corrected chi connectivity index (χ4v) is 3.53. The summed E-state index contributed by atoms with van der Waals surface area (Å²) < 4.78 is 5.99. The van der Waals surface area contributed by atoms with Gasteiger partial charge in [-0.25, -0.2) is 0 Å². The van der Waals surface area contributed by atoms with Crippen LogP contribution >= 0.6 is 0 Å². The number of carbonyl (C=O) groups excluding carboxylic acids is 2. The Morgan fingerprint density at radius 2 is 2.09 bits per heavy atom. The van der Waals surface area contributed by atoms with Crippen LogP contribution in [0.25, 0.3) is 0 Å². The van der Waals surface area contributed by atoms with Crippen molar-refractivity contribution in [2.75, 3.05) is 6.54 Å². The average molecular weight is 303 g/mol. The summed E-state index contributed by atoms with van der Waals surface area (Å²) >= 11 is 0. The number of nitrogens with one attached hydrogen (secondary N) is 1. The second kappa shape index (κ2) is 6.34. The van der Waals surface area contributed by atoms with Gasteiger partial charge in [-0.1, -0.05) is 0 Å². The van der Waals surface area contributed by atoms with Gasteiger partial charge in [0, 0.05) is 38.0 Å². The Morgan fingerprint density at radius 3 is 2.68 bits per heavy atom. The maximum atomic E-state index is 12.3. The van der Waals surface area contributed by atoms with Gasteiger partial charge in [0.2, 0.25) is 11.8 Å². The Balaban J connectivity index is 1.59. The molecule has 3 heterocycles. The second-order valence-electron chi connectivity index (χ2n) is 6.00. The van der Waals surface area contributed by atoms with Crippen molar-refractivity contribution in [3.63, 3.8) is 0 Å². The minimum atomic E-state index is -0.171. The maximum Gasteiger partial charge on any atom is 0.242 e. The van der Waals surface area contributed by atoms with Crippen molar-refractivity contribution in [1.29, 1.82) is 0 Å². The standard InChI is InChI=1S/C16H21N3O3/c1-11(20)18-10-16(21)19-12-4-5-13(19)8-15(7-12)22-14-3-2-6-17-9-14/h2-3,6,9,12-13,15H,4-5,7-8,10H2,1H3,(H,18,20). The van der Waals surface area contributed by atoms with Gasteiger partial charge in [-0.15, -0.1) is 0 Å². The zero-order valence-corrected chi connectivity index (χ0v) is 12.7. The normalized spacial score (nSPS) is 26.6. The van der Waals surface area contributed by atoms with E-state index in [0.717, 1.165) is 31.4 Å². The number of piperidine rings is 1. The zero-order valence-electron chi connectivity index (χ0n) is 12.7. The molecule has 118 valence electrons. The molecule has 6 nitrogen and oxygen atoms in total. The molecular weight excluding hydrogens is 282 g/mol. The molecule has 0 aliphatic carbocycles. The van der Waals surface area contributed by atoms with Crippen LogP contribution in [0.1, 0.15) is 32.6 Å². The van der Waals surface area contributed by atoms with E-state index in [9.17, 15) is 9.59 Å². The van der Waals surface area contributed by atoms with Crippen LogP contribution in [0.2, 0.25) is 0 Å². The van der Waals surface area contributed by atoms with Gasteiger partial charge < -0.3 is 15.0 Å². The van der Waals surface area contributed by atoms with Gasteiger partial charge in [0.05, 0.1) is 12.7 Å². The fourth-order valence-electron chi connectivity index (χ4n) is 3.53. The molecular formula is C16H21N3O3. The summed E-state index contributed by atoms with van der Waals surface area (Å²) in [5.41, 5.74) is 0. The lowest BCUT2D eigenvalue weighted by Crippen LogP contribution is -2.52. The van der Waals surface area contributed by atoms with E-state index in [1.54, 1.807) is 12.4 Å². The van der Waals surface area contributed by atoms with Crippen LogP contribution in [0.5, 0.6) is 5.75 Å². The summed E-state index contributed by atoms with van der Waals surface area (Å²) in [6.07, 6.45) is 7.29. The number of pyridine rings is 1. The molecule has 1 aromatic heterocycles. The Morgan fingerprint density at radius 1 is 1.36 bits per heavy atom. The number of aromatic nitrogens is 1. The highest BCUT2D eigenvalue weighted by Gasteiger charge is 2.43. The third-order valence-corrected chi connectivity index (χ3v) is 4.40. The molecule has 0 spiro atoms. The van der Waals surface area contributed by atoms with Crippen LogP contribution in [-0.4, -0.2) is 46.4 Å². The minimum Gasteiger partial charge on any atom is -0.489 e. The average Bonchev–Trinajstić information content (AvgIpc) is 2.77. The molecule has 2 saturated heterocycles. The van der Waals surface area contributed by atoms with E-state index >= 15 is 0 Å². The van der Waals surface area contributed by atoms with Gasteiger partial charge >= 0.3 is 0 Å². The quantitative estimate of drug-likeness (QED) is 0.905. The van der Waals surface area contributed by atoms with Crippen molar-refractivity contribution in [1.82, 2.24) is 15.2 Å². The van der Waals surface area contributed by atoms with Crippen LogP contribution in [-0.2, 0) is 9.59 Å². The van der Waals surface area contributed by atoms with Crippen molar-refractivity contribution in [3.05, 3.63) is 24.5 Å². The second-order valence-corrected chi connectivity index (χ2v) is 6.00. The number of ether oxygens (including phenoxy) is 1. The Hall–Kier alpha value is -2.11. The minimum absolute atomic E-state index is 0.0162. The first-order valence-electron chi connectivity index (χ1n) is 7.76. The van der Waals surface area contributed by atoms with Gasteiger partial charge in [0.15, 0.2) is 0 Å². The number of amides is 2. The topological polar surface area (TPSA) is 71.5 Å². The smallest absolute Gasteiger partial charge is 0.242 e. The molecule has 2 aliphatic heterocycles. The van der Waals surface area contributed by atoms with Crippen LogP contribution < -0.4 is 10.1 Å². The Kier molecular flexibility index (Phi) is 4.27. The molecule has 1 aromatic rings. The van der Waals surface area contributed by atoms with Gasteiger partial charge in [0.25, 0.3) is 0 Å². The molecule has 2 fully saturated rings. The lowest BCUT2D eigenvalue weighted by molar-refractivity contribution is -0.137. The maximum absolute atomic E-state index is 12.3. The summed E-state index contributed by atoms with van der Waals surface area (Å²) in [7, 11) is 0. The number of nitrogens with zero attached hydrogens (tertiary/aromatic N) is 2. The molecule has 22 heavy (non-hydrogen) atoms. The Labute approximate surface area is 129 Å². The predicted molar refractivity (Wildman–Crippen MR) is 80.2 cm³/mol. The lowest BCUT2D eigenvalue weighted by atomic mass is 9.99. The van der Waals surface area contributed by atoms with E-state index in [0.29, 0.717) is 0 Å². The molecule has 2 amide bonds. The van der Waals surface area contributed by atoms with Gasteiger partial charge in [-0.3, -0.25) is 14.6 Å². The lowest BCUT2D eigenvalue weighted by Gasteiger charge is -2.39. The first-order chi connectivity index (χ1) is 10.6. The summed E-state index contributed by atoms with van der Waals surface area (Å²) in [6, 6.07) is 4.21.